The van der Waals surface area contributed by atoms with Crippen molar-refractivity contribution in [3.63, 3.8) is 0 Å². The highest BCUT2D eigenvalue weighted by Gasteiger charge is 2.40. The molecule has 0 radical (unpaired) electrons. The molecule has 1 aromatic carbocycles. The Bertz CT molecular complexity index is 506. The minimum absolute atomic E-state index is 0.158. The quantitative estimate of drug-likeness (QED) is 0.630. The van der Waals surface area contributed by atoms with Crippen molar-refractivity contribution in [2.24, 2.45) is 4.99 Å². The van der Waals surface area contributed by atoms with E-state index in [1.54, 1.807) is 12.1 Å². The Morgan fingerprint density at radius 2 is 2.11 bits per heavy atom. The Balaban J connectivity index is 2.68. The molecule has 0 amide bonds. The van der Waals surface area contributed by atoms with Crippen LogP contribution in [-0.2, 0) is 10.3 Å². The molecular formula is C13H13BrFNO2. The summed E-state index contributed by atoms with van der Waals surface area (Å²) >= 11 is 3.40. The maximum absolute atomic E-state index is 13.8. The number of methoxy groups -OCH3 is 1. The zero-order valence-corrected chi connectivity index (χ0v) is 11.6. The highest BCUT2D eigenvalue weighted by molar-refractivity contribution is 9.10. The van der Waals surface area contributed by atoms with Crippen LogP contribution in [-0.4, -0.2) is 13.2 Å². The van der Waals surface area contributed by atoms with Crippen LogP contribution in [0.15, 0.2) is 21.6 Å². The van der Waals surface area contributed by atoms with Crippen LogP contribution < -0.4 is 4.74 Å². The normalized spacial score (nSPS) is 17.3. The lowest BCUT2D eigenvalue weighted by Gasteiger charge is -2.26. The van der Waals surface area contributed by atoms with Crippen molar-refractivity contribution >= 4 is 22.0 Å². The van der Waals surface area contributed by atoms with Gasteiger partial charge in [0.05, 0.1) is 7.11 Å². The minimum atomic E-state index is -0.700. The Morgan fingerprint density at radius 3 is 2.67 bits per heavy atom. The first kappa shape index (κ1) is 13.2. The van der Waals surface area contributed by atoms with Gasteiger partial charge in [0.25, 0.3) is 0 Å². The van der Waals surface area contributed by atoms with Crippen LogP contribution in [0.4, 0.5) is 4.39 Å². The monoisotopic (exact) mass is 313 g/mol. The number of hydrogen-bond donors (Lipinski definition) is 0. The van der Waals surface area contributed by atoms with E-state index in [9.17, 15) is 9.18 Å². The first-order valence-electron chi connectivity index (χ1n) is 5.76. The summed E-state index contributed by atoms with van der Waals surface area (Å²) < 4.78 is 19.7. The van der Waals surface area contributed by atoms with Crippen molar-refractivity contribution in [1.82, 2.24) is 0 Å². The van der Waals surface area contributed by atoms with E-state index in [0.29, 0.717) is 22.9 Å². The van der Waals surface area contributed by atoms with E-state index in [1.165, 1.54) is 13.2 Å². The third-order valence-electron chi connectivity index (χ3n) is 3.42. The molecule has 0 atom stereocenters. The number of rotatable bonds is 3. The van der Waals surface area contributed by atoms with E-state index >= 15 is 0 Å². The van der Waals surface area contributed by atoms with Gasteiger partial charge in [-0.05, 0) is 25.0 Å². The van der Waals surface area contributed by atoms with E-state index in [1.807, 2.05) is 0 Å². The Kier molecular flexibility index (Phi) is 3.83. The number of halogens is 2. The highest BCUT2D eigenvalue weighted by atomic mass is 79.9. The molecule has 1 saturated carbocycles. The molecule has 0 unspecified atom stereocenters. The predicted molar refractivity (Wildman–Crippen MR) is 68.9 cm³/mol. The fraction of sp³-hybridized carbons (Fsp3) is 0.462. The number of nitrogens with zero attached hydrogens (tertiary/aromatic N) is 1. The van der Waals surface area contributed by atoms with Gasteiger partial charge in [0.15, 0.2) is 11.6 Å². The van der Waals surface area contributed by atoms with Crippen LogP contribution in [0.3, 0.4) is 0 Å². The van der Waals surface area contributed by atoms with Gasteiger partial charge in [-0.3, -0.25) is 0 Å². The number of hydrogen-bond acceptors (Lipinski definition) is 3. The molecule has 0 aromatic heterocycles. The third kappa shape index (κ3) is 2.08. The smallest absolute Gasteiger partial charge is 0.235 e. The summed E-state index contributed by atoms with van der Waals surface area (Å²) in [4.78, 5) is 14.6. The summed E-state index contributed by atoms with van der Waals surface area (Å²) in [5.41, 5.74) is -0.0838. The van der Waals surface area contributed by atoms with Gasteiger partial charge in [0.1, 0.15) is 5.54 Å². The Morgan fingerprint density at radius 1 is 1.44 bits per heavy atom. The number of ether oxygens (including phenoxy) is 1. The van der Waals surface area contributed by atoms with Gasteiger partial charge >= 0.3 is 0 Å². The molecule has 2 rings (SSSR count). The third-order valence-corrected chi connectivity index (χ3v) is 4.08. The molecule has 18 heavy (non-hydrogen) atoms. The van der Waals surface area contributed by atoms with Crippen molar-refractivity contribution < 1.29 is 13.9 Å². The summed E-state index contributed by atoms with van der Waals surface area (Å²) in [6.45, 7) is 0. The molecule has 1 aromatic rings. The first-order chi connectivity index (χ1) is 8.64. The van der Waals surface area contributed by atoms with Gasteiger partial charge < -0.3 is 4.74 Å². The molecule has 3 nitrogen and oxygen atoms in total. The minimum Gasteiger partial charge on any atom is -0.493 e. The summed E-state index contributed by atoms with van der Waals surface area (Å²) in [7, 11) is 1.42. The number of carbonyl (C=O) groups excluding carboxylic acids is 1. The largest absolute Gasteiger partial charge is 0.493 e. The standard InChI is InChI=1S/C13H13BrFNO2/c1-18-12-10(15)5-4-9(14)11(12)13(16-8-17)6-2-3-7-13/h4-5H,2-3,6-7H2,1H3. The molecule has 0 aliphatic heterocycles. The molecular weight excluding hydrogens is 301 g/mol. The van der Waals surface area contributed by atoms with Crippen molar-refractivity contribution in [2.45, 2.75) is 31.2 Å². The molecule has 1 fully saturated rings. The van der Waals surface area contributed by atoms with Crippen LogP contribution in [0.2, 0.25) is 0 Å². The van der Waals surface area contributed by atoms with Crippen molar-refractivity contribution in [1.29, 1.82) is 0 Å². The second-order valence-electron chi connectivity index (χ2n) is 4.38. The second-order valence-corrected chi connectivity index (χ2v) is 5.23. The zero-order chi connectivity index (χ0) is 13.2. The molecule has 1 aliphatic rings. The lowest BCUT2D eigenvalue weighted by atomic mass is 9.88. The molecule has 5 heteroatoms. The molecule has 0 heterocycles. The summed E-state index contributed by atoms with van der Waals surface area (Å²) in [5.74, 6) is -0.284. The van der Waals surface area contributed by atoms with Crippen LogP contribution >= 0.6 is 15.9 Å². The topological polar surface area (TPSA) is 38.7 Å². The van der Waals surface area contributed by atoms with Crippen molar-refractivity contribution in [3.05, 3.63) is 28.0 Å². The van der Waals surface area contributed by atoms with Gasteiger partial charge in [-0.1, -0.05) is 28.8 Å². The molecule has 0 saturated heterocycles. The summed E-state index contributed by atoms with van der Waals surface area (Å²) in [6.07, 6.45) is 4.95. The van der Waals surface area contributed by atoms with Gasteiger partial charge in [-0.15, -0.1) is 0 Å². The first-order valence-corrected chi connectivity index (χ1v) is 6.55. The SMILES string of the molecule is COc1c(F)ccc(Br)c1C1(N=C=O)CCCC1. The number of benzene rings is 1. The van der Waals surface area contributed by atoms with Crippen molar-refractivity contribution in [3.8, 4) is 5.75 Å². The van der Waals surface area contributed by atoms with Crippen LogP contribution in [0.25, 0.3) is 0 Å². The lowest BCUT2D eigenvalue weighted by Crippen LogP contribution is -2.21. The maximum Gasteiger partial charge on any atom is 0.235 e. The molecule has 0 bridgehead atoms. The molecule has 0 spiro atoms. The highest BCUT2D eigenvalue weighted by Crippen LogP contribution is 2.49. The lowest BCUT2D eigenvalue weighted by molar-refractivity contribution is 0.356. The van der Waals surface area contributed by atoms with Crippen LogP contribution in [0.1, 0.15) is 31.2 Å². The second kappa shape index (κ2) is 5.21. The van der Waals surface area contributed by atoms with Gasteiger partial charge in [0.2, 0.25) is 6.08 Å². The fourth-order valence-corrected chi connectivity index (χ4v) is 3.31. The predicted octanol–water partition coefficient (Wildman–Crippen LogP) is 3.70. The van der Waals surface area contributed by atoms with E-state index in [4.69, 9.17) is 4.74 Å². The number of isocyanates is 1. The maximum atomic E-state index is 13.8. The van der Waals surface area contributed by atoms with Crippen molar-refractivity contribution in [2.75, 3.05) is 7.11 Å². The fourth-order valence-electron chi connectivity index (χ4n) is 2.63. The van der Waals surface area contributed by atoms with Gasteiger partial charge in [-0.2, -0.15) is 4.99 Å². The van der Waals surface area contributed by atoms with E-state index in [-0.39, 0.29) is 5.75 Å². The summed E-state index contributed by atoms with van der Waals surface area (Å²) in [6, 6.07) is 2.95. The Hall–Kier alpha value is -1.19. The van der Waals surface area contributed by atoms with Gasteiger partial charge in [-0.25, -0.2) is 9.18 Å². The molecule has 96 valence electrons. The molecule has 1 aliphatic carbocycles. The van der Waals surface area contributed by atoms with Crippen LogP contribution in [0.5, 0.6) is 5.75 Å². The summed E-state index contributed by atoms with van der Waals surface area (Å²) in [5, 5.41) is 0. The average molecular weight is 314 g/mol. The number of aliphatic imine (C=N–C) groups is 1. The zero-order valence-electron chi connectivity index (χ0n) is 10.0. The molecule has 0 N–H and O–H groups in total. The Labute approximate surface area is 113 Å². The average Bonchev–Trinajstić information content (AvgIpc) is 2.81. The van der Waals surface area contributed by atoms with Gasteiger partial charge in [0, 0.05) is 10.0 Å². The van der Waals surface area contributed by atoms with E-state index in [2.05, 4.69) is 20.9 Å². The van der Waals surface area contributed by atoms with E-state index < -0.39 is 11.4 Å². The van der Waals surface area contributed by atoms with Crippen LogP contribution in [0, 0.1) is 5.82 Å². The van der Waals surface area contributed by atoms with E-state index in [0.717, 1.165) is 12.8 Å².